The Kier molecular flexibility index (Phi) is 5.40. The number of carbonyl (C=O) groups is 1. The molecule has 0 unspecified atom stereocenters. The molecular formula is C17H25N3O2. The Morgan fingerprint density at radius 1 is 1.32 bits per heavy atom. The van der Waals surface area contributed by atoms with Crippen LogP contribution in [-0.4, -0.2) is 48.1 Å². The fourth-order valence-electron chi connectivity index (χ4n) is 3.28. The molecule has 0 bridgehead atoms. The third-order valence-electron chi connectivity index (χ3n) is 4.53. The van der Waals surface area contributed by atoms with Crippen molar-refractivity contribution in [3.63, 3.8) is 0 Å². The second-order valence-corrected chi connectivity index (χ2v) is 6.20. The molecule has 22 heavy (non-hydrogen) atoms. The summed E-state index contributed by atoms with van der Waals surface area (Å²) in [6, 6.07) is 5.86. The van der Waals surface area contributed by atoms with Crippen LogP contribution in [0.3, 0.4) is 0 Å². The molecule has 3 rings (SSSR count). The number of piperidine rings is 1. The largest absolute Gasteiger partial charge is 0.376 e. The minimum Gasteiger partial charge on any atom is -0.376 e. The van der Waals surface area contributed by atoms with Crippen LogP contribution in [0.1, 0.15) is 31.4 Å². The molecule has 0 radical (unpaired) electrons. The molecular weight excluding hydrogens is 278 g/mol. The summed E-state index contributed by atoms with van der Waals surface area (Å²) in [5, 5.41) is 3.32. The number of amides is 1. The molecule has 120 valence electrons. The van der Waals surface area contributed by atoms with Gasteiger partial charge in [-0.15, -0.1) is 0 Å². The van der Waals surface area contributed by atoms with E-state index in [-0.39, 0.29) is 17.9 Å². The van der Waals surface area contributed by atoms with Gasteiger partial charge >= 0.3 is 0 Å². The van der Waals surface area contributed by atoms with Gasteiger partial charge in [-0.3, -0.25) is 9.78 Å². The van der Waals surface area contributed by atoms with Crippen LogP contribution in [0.5, 0.6) is 0 Å². The van der Waals surface area contributed by atoms with E-state index in [1.54, 1.807) is 6.20 Å². The van der Waals surface area contributed by atoms with Crippen molar-refractivity contribution in [2.24, 2.45) is 5.92 Å². The van der Waals surface area contributed by atoms with Crippen molar-refractivity contribution in [2.75, 3.05) is 26.2 Å². The van der Waals surface area contributed by atoms with E-state index in [2.05, 4.69) is 10.3 Å². The number of rotatable bonds is 5. The third kappa shape index (κ3) is 4.05. The number of nitrogens with one attached hydrogen (secondary N) is 1. The van der Waals surface area contributed by atoms with E-state index < -0.39 is 0 Å². The lowest BCUT2D eigenvalue weighted by Gasteiger charge is -2.31. The molecule has 2 aliphatic heterocycles. The van der Waals surface area contributed by atoms with Crippen molar-refractivity contribution in [3.8, 4) is 0 Å². The van der Waals surface area contributed by atoms with Gasteiger partial charge in [-0.25, -0.2) is 0 Å². The maximum Gasteiger partial charge on any atom is 0.226 e. The van der Waals surface area contributed by atoms with Gasteiger partial charge in [0.15, 0.2) is 0 Å². The molecule has 0 saturated carbocycles. The number of aromatic nitrogens is 1. The topological polar surface area (TPSA) is 54.5 Å². The first-order valence-corrected chi connectivity index (χ1v) is 8.34. The first-order valence-electron chi connectivity index (χ1n) is 8.34. The van der Waals surface area contributed by atoms with Gasteiger partial charge in [-0.2, -0.15) is 0 Å². The van der Waals surface area contributed by atoms with Crippen LogP contribution >= 0.6 is 0 Å². The van der Waals surface area contributed by atoms with E-state index in [0.29, 0.717) is 13.1 Å². The molecule has 2 saturated heterocycles. The van der Waals surface area contributed by atoms with Crippen LogP contribution in [0.2, 0.25) is 0 Å². The van der Waals surface area contributed by atoms with Gasteiger partial charge in [-0.1, -0.05) is 6.07 Å². The van der Waals surface area contributed by atoms with Crippen LogP contribution in [0.4, 0.5) is 0 Å². The van der Waals surface area contributed by atoms with Crippen molar-refractivity contribution >= 4 is 5.91 Å². The maximum atomic E-state index is 12.9. The predicted octanol–water partition coefficient (Wildman–Crippen LogP) is 1.59. The average molecular weight is 303 g/mol. The maximum absolute atomic E-state index is 12.9. The molecule has 0 aliphatic carbocycles. The summed E-state index contributed by atoms with van der Waals surface area (Å²) in [7, 11) is 0. The number of hydrogen-bond acceptors (Lipinski definition) is 4. The molecule has 5 nitrogen and oxygen atoms in total. The Labute approximate surface area is 132 Å². The van der Waals surface area contributed by atoms with Crippen LogP contribution in [-0.2, 0) is 16.1 Å². The highest BCUT2D eigenvalue weighted by Crippen LogP contribution is 2.20. The fraction of sp³-hybridized carbons (Fsp3) is 0.647. The van der Waals surface area contributed by atoms with Gasteiger partial charge in [-0.05, 0) is 50.9 Å². The first kappa shape index (κ1) is 15.4. The molecule has 1 N–H and O–H groups in total. The Bertz CT molecular complexity index is 468. The zero-order valence-corrected chi connectivity index (χ0v) is 13.0. The van der Waals surface area contributed by atoms with Gasteiger partial charge in [0.25, 0.3) is 0 Å². The van der Waals surface area contributed by atoms with E-state index in [1.165, 1.54) is 0 Å². The fourth-order valence-corrected chi connectivity index (χ4v) is 3.28. The van der Waals surface area contributed by atoms with Crippen LogP contribution in [0.15, 0.2) is 24.4 Å². The standard InChI is InChI=1S/C17H25N3O2/c21-17(14-6-9-18-10-7-14)20(13-16-5-3-11-22-16)12-15-4-1-2-8-19-15/h1-2,4,8,14,16,18H,3,5-7,9-13H2/t16-/m1/s1. The van der Waals surface area contributed by atoms with Crippen LogP contribution in [0.25, 0.3) is 0 Å². The van der Waals surface area contributed by atoms with Crippen molar-refractivity contribution in [1.29, 1.82) is 0 Å². The number of carbonyl (C=O) groups excluding carboxylic acids is 1. The summed E-state index contributed by atoms with van der Waals surface area (Å²) in [5.41, 5.74) is 0.947. The van der Waals surface area contributed by atoms with Crippen molar-refractivity contribution in [2.45, 2.75) is 38.3 Å². The Morgan fingerprint density at radius 3 is 2.86 bits per heavy atom. The molecule has 1 atom stereocenters. The highest BCUT2D eigenvalue weighted by Gasteiger charge is 2.29. The number of nitrogens with zero attached hydrogens (tertiary/aromatic N) is 2. The Balaban J connectivity index is 1.67. The lowest BCUT2D eigenvalue weighted by Crippen LogP contribution is -2.43. The SMILES string of the molecule is O=C(C1CCNCC1)N(Cc1ccccn1)C[C@H]1CCCO1. The molecule has 0 aromatic carbocycles. The van der Waals surface area contributed by atoms with Gasteiger partial charge < -0.3 is 15.0 Å². The average Bonchev–Trinajstić information content (AvgIpc) is 3.08. The summed E-state index contributed by atoms with van der Waals surface area (Å²) < 4.78 is 5.73. The van der Waals surface area contributed by atoms with Crippen molar-refractivity contribution in [3.05, 3.63) is 30.1 Å². The normalized spacial score (nSPS) is 22.6. The zero-order valence-electron chi connectivity index (χ0n) is 13.0. The van der Waals surface area contributed by atoms with E-state index in [1.807, 2.05) is 23.1 Å². The summed E-state index contributed by atoms with van der Waals surface area (Å²) >= 11 is 0. The molecule has 1 amide bonds. The van der Waals surface area contributed by atoms with Gasteiger partial charge in [0.2, 0.25) is 5.91 Å². The van der Waals surface area contributed by atoms with Gasteiger partial charge in [0.05, 0.1) is 18.3 Å². The number of hydrogen-bond donors (Lipinski definition) is 1. The summed E-state index contributed by atoms with van der Waals surface area (Å²) in [5.74, 6) is 0.411. The van der Waals surface area contributed by atoms with Gasteiger partial charge in [0.1, 0.15) is 0 Å². The lowest BCUT2D eigenvalue weighted by molar-refractivity contribution is -0.138. The van der Waals surface area contributed by atoms with E-state index >= 15 is 0 Å². The summed E-state index contributed by atoms with van der Waals surface area (Å²) in [6.07, 6.45) is 6.00. The van der Waals surface area contributed by atoms with Crippen molar-refractivity contribution < 1.29 is 9.53 Å². The van der Waals surface area contributed by atoms with E-state index in [9.17, 15) is 4.79 Å². The first-order chi connectivity index (χ1) is 10.8. The molecule has 1 aromatic heterocycles. The highest BCUT2D eigenvalue weighted by atomic mass is 16.5. The minimum absolute atomic E-state index is 0.145. The highest BCUT2D eigenvalue weighted by molar-refractivity contribution is 5.79. The van der Waals surface area contributed by atoms with E-state index in [4.69, 9.17) is 4.74 Å². The van der Waals surface area contributed by atoms with Gasteiger partial charge in [0, 0.05) is 25.3 Å². The van der Waals surface area contributed by atoms with Crippen LogP contribution in [0, 0.1) is 5.92 Å². The Morgan fingerprint density at radius 2 is 2.18 bits per heavy atom. The second-order valence-electron chi connectivity index (χ2n) is 6.20. The lowest BCUT2D eigenvalue weighted by atomic mass is 9.96. The van der Waals surface area contributed by atoms with Crippen molar-refractivity contribution in [1.82, 2.24) is 15.2 Å². The third-order valence-corrected chi connectivity index (χ3v) is 4.53. The predicted molar refractivity (Wildman–Crippen MR) is 84.2 cm³/mol. The molecule has 2 aliphatic rings. The monoisotopic (exact) mass is 303 g/mol. The molecule has 5 heteroatoms. The Hall–Kier alpha value is -1.46. The molecule has 2 fully saturated rings. The molecule has 1 aromatic rings. The van der Waals surface area contributed by atoms with Crippen LogP contribution < -0.4 is 5.32 Å². The smallest absolute Gasteiger partial charge is 0.226 e. The van der Waals surface area contributed by atoms with E-state index in [0.717, 1.165) is 51.1 Å². The molecule has 0 spiro atoms. The molecule has 3 heterocycles. The minimum atomic E-state index is 0.145. The summed E-state index contributed by atoms with van der Waals surface area (Å²) in [6.45, 7) is 3.98. The number of pyridine rings is 1. The second kappa shape index (κ2) is 7.70. The zero-order chi connectivity index (χ0) is 15.2. The number of ether oxygens (including phenoxy) is 1. The summed E-state index contributed by atoms with van der Waals surface area (Å²) in [4.78, 5) is 19.2. The quantitative estimate of drug-likeness (QED) is 0.897.